The van der Waals surface area contributed by atoms with Crippen LogP contribution in [-0.2, 0) is 11.3 Å². The number of nitrogens with one attached hydrogen (secondary N) is 1. The summed E-state index contributed by atoms with van der Waals surface area (Å²) in [5.74, 6) is 1.40. The van der Waals surface area contributed by atoms with Crippen LogP contribution in [0.25, 0.3) is 11.4 Å². The van der Waals surface area contributed by atoms with Crippen LogP contribution in [0.2, 0.25) is 10.0 Å². The first-order valence-corrected chi connectivity index (χ1v) is 10.9. The Morgan fingerprint density at radius 2 is 2.00 bits per heavy atom. The molecule has 156 valence electrons. The molecule has 3 aromatic rings. The van der Waals surface area contributed by atoms with Crippen LogP contribution in [0.5, 0.6) is 5.75 Å². The zero-order chi connectivity index (χ0) is 21.5. The molecule has 0 aliphatic rings. The first-order chi connectivity index (χ1) is 14.5. The van der Waals surface area contributed by atoms with Gasteiger partial charge in [0.1, 0.15) is 5.75 Å². The lowest BCUT2D eigenvalue weighted by Crippen LogP contribution is -2.15. The van der Waals surface area contributed by atoms with E-state index in [1.54, 1.807) is 24.3 Å². The van der Waals surface area contributed by atoms with Crippen molar-refractivity contribution < 1.29 is 9.53 Å². The van der Waals surface area contributed by atoms with Crippen LogP contribution in [0.4, 0.5) is 5.69 Å². The van der Waals surface area contributed by atoms with Crippen molar-refractivity contribution in [3.63, 3.8) is 0 Å². The molecule has 0 unspecified atom stereocenters. The molecule has 1 amide bonds. The molecule has 1 heterocycles. The molecule has 6 nitrogen and oxygen atoms in total. The van der Waals surface area contributed by atoms with E-state index in [2.05, 4.69) is 22.1 Å². The van der Waals surface area contributed by atoms with Crippen molar-refractivity contribution in [1.82, 2.24) is 14.8 Å². The highest BCUT2D eigenvalue weighted by Gasteiger charge is 2.16. The van der Waals surface area contributed by atoms with Gasteiger partial charge < -0.3 is 10.1 Å². The first kappa shape index (κ1) is 22.2. The fraction of sp³-hybridized carbons (Fsp3) is 0.190. The lowest BCUT2D eigenvalue weighted by Gasteiger charge is -2.10. The first-order valence-electron chi connectivity index (χ1n) is 9.17. The number of nitrogens with zero attached hydrogens (tertiary/aromatic N) is 3. The average molecular weight is 463 g/mol. The summed E-state index contributed by atoms with van der Waals surface area (Å²) >= 11 is 13.4. The predicted octanol–water partition coefficient (Wildman–Crippen LogP) is 5.57. The molecule has 0 saturated heterocycles. The summed E-state index contributed by atoms with van der Waals surface area (Å²) < 4.78 is 7.39. The number of benzene rings is 2. The number of rotatable bonds is 9. The van der Waals surface area contributed by atoms with Gasteiger partial charge in [-0.2, -0.15) is 0 Å². The maximum atomic E-state index is 12.4. The SMILES string of the molecule is C=CCn1c(SCC(=O)Nc2cccc(Cl)c2Cl)nnc1-c1ccc(OCC)cc1. The zero-order valence-electron chi connectivity index (χ0n) is 16.3. The van der Waals surface area contributed by atoms with E-state index in [4.69, 9.17) is 27.9 Å². The minimum absolute atomic E-state index is 0.140. The lowest BCUT2D eigenvalue weighted by molar-refractivity contribution is -0.113. The van der Waals surface area contributed by atoms with Crippen LogP contribution in [-0.4, -0.2) is 33.0 Å². The van der Waals surface area contributed by atoms with Crippen LogP contribution >= 0.6 is 35.0 Å². The Hall–Kier alpha value is -2.48. The molecule has 9 heteroatoms. The van der Waals surface area contributed by atoms with Gasteiger partial charge in [0.2, 0.25) is 5.91 Å². The van der Waals surface area contributed by atoms with Gasteiger partial charge in [-0.15, -0.1) is 16.8 Å². The fourth-order valence-corrected chi connectivity index (χ4v) is 3.78. The van der Waals surface area contributed by atoms with Gasteiger partial charge in [-0.25, -0.2) is 0 Å². The molecule has 2 aromatic carbocycles. The third-order valence-corrected chi connectivity index (χ3v) is 5.80. The zero-order valence-corrected chi connectivity index (χ0v) is 18.6. The normalized spacial score (nSPS) is 10.6. The molecule has 0 aliphatic carbocycles. The summed E-state index contributed by atoms with van der Waals surface area (Å²) in [6, 6.07) is 12.7. The number of anilines is 1. The second kappa shape index (κ2) is 10.5. The molecule has 0 bridgehead atoms. The van der Waals surface area contributed by atoms with E-state index in [1.807, 2.05) is 35.8 Å². The van der Waals surface area contributed by atoms with Crippen molar-refractivity contribution in [2.75, 3.05) is 17.7 Å². The number of carbonyl (C=O) groups excluding carboxylic acids is 1. The quantitative estimate of drug-likeness (QED) is 0.332. The van der Waals surface area contributed by atoms with E-state index >= 15 is 0 Å². The number of hydrogen-bond acceptors (Lipinski definition) is 5. The highest BCUT2D eigenvalue weighted by molar-refractivity contribution is 7.99. The topological polar surface area (TPSA) is 69.0 Å². The van der Waals surface area contributed by atoms with Crippen LogP contribution in [0.15, 0.2) is 60.3 Å². The molecule has 0 fully saturated rings. The van der Waals surface area contributed by atoms with Gasteiger partial charge in [-0.05, 0) is 43.3 Å². The predicted molar refractivity (Wildman–Crippen MR) is 123 cm³/mol. The van der Waals surface area contributed by atoms with Crippen molar-refractivity contribution in [1.29, 1.82) is 0 Å². The van der Waals surface area contributed by atoms with E-state index in [-0.39, 0.29) is 11.7 Å². The molecular weight excluding hydrogens is 443 g/mol. The molecule has 1 N–H and O–H groups in total. The van der Waals surface area contributed by atoms with Crippen molar-refractivity contribution in [3.8, 4) is 17.1 Å². The standard InChI is InChI=1S/C21H20Cl2N4O2S/c1-3-12-27-20(14-8-10-15(11-9-14)29-4-2)25-26-21(27)30-13-18(28)24-17-7-5-6-16(22)19(17)23/h3,5-11H,1,4,12-13H2,2H3,(H,24,28). The minimum Gasteiger partial charge on any atom is -0.494 e. The lowest BCUT2D eigenvalue weighted by atomic mass is 10.2. The van der Waals surface area contributed by atoms with Crippen molar-refractivity contribution in [2.24, 2.45) is 0 Å². The van der Waals surface area contributed by atoms with E-state index in [0.717, 1.165) is 11.3 Å². The molecule has 0 spiro atoms. The summed E-state index contributed by atoms with van der Waals surface area (Å²) in [7, 11) is 0. The number of ether oxygens (including phenoxy) is 1. The number of hydrogen-bond donors (Lipinski definition) is 1. The maximum Gasteiger partial charge on any atom is 0.234 e. The van der Waals surface area contributed by atoms with Gasteiger partial charge in [0.25, 0.3) is 0 Å². The summed E-state index contributed by atoms with van der Waals surface area (Å²) in [6.45, 7) is 6.87. The van der Waals surface area contributed by atoms with Crippen LogP contribution < -0.4 is 10.1 Å². The number of allylic oxidation sites excluding steroid dienone is 1. The van der Waals surface area contributed by atoms with Gasteiger partial charge in [-0.1, -0.05) is 47.1 Å². The largest absolute Gasteiger partial charge is 0.494 e. The molecule has 0 saturated carbocycles. The van der Waals surface area contributed by atoms with E-state index < -0.39 is 0 Å². The van der Waals surface area contributed by atoms with E-state index in [0.29, 0.717) is 39.9 Å². The third-order valence-electron chi connectivity index (χ3n) is 4.01. The van der Waals surface area contributed by atoms with E-state index in [1.165, 1.54) is 11.8 Å². The Morgan fingerprint density at radius 1 is 1.23 bits per heavy atom. The number of halogens is 2. The Morgan fingerprint density at radius 3 is 2.70 bits per heavy atom. The van der Waals surface area contributed by atoms with Crippen LogP contribution in [0.1, 0.15) is 6.92 Å². The summed E-state index contributed by atoms with van der Waals surface area (Å²) in [5, 5.41) is 12.6. The Kier molecular flexibility index (Phi) is 7.79. The fourth-order valence-electron chi connectivity index (χ4n) is 2.69. The number of thioether (sulfide) groups is 1. The Labute approximate surface area is 189 Å². The summed E-state index contributed by atoms with van der Waals surface area (Å²) in [5.41, 5.74) is 1.37. The third kappa shape index (κ3) is 5.36. The van der Waals surface area contributed by atoms with Crippen molar-refractivity contribution in [3.05, 3.63) is 65.2 Å². The maximum absolute atomic E-state index is 12.4. The highest BCUT2D eigenvalue weighted by Crippen LogP contribution is 2.30. The second-order valence-electron chi connectivity index (χ2n) is 6.10. The number of carbonyl (C=O) groups is 1. The molecule has 0 atom stereocenters. The second-order valence-corrected chi connectivity index (χ2v) is 7.83. The van der Waals surface area contributed by atoms with Gasteiger partial charge in [0.05, 0.1) is 28.1 Å². The highest BCUT2D eigenvalue weighted by atomic mass is 35.5. The minimum atomic E-state index is -0.222. The van der Waals surface area contributed by atoms with Gasteiger partial charge in [-0.3, -0.25) is 9.36 Å². The number of aromatic nitrogens is 3. The van der Waals surface area contributed by atoms with Gasteiger partial charge >= 0.3 is 0 Å². The monoisotopic (exact) mass is 462 g/mol. The van der Waals surface area contributed by atoms with Gasteiger partial charge in [0.15, 0.2) is 11.0 Å². The Balaban J connectivity index is 1.72. The van der Waals surface area contributed by atoms with Crippen molar-refractivity contribution in [2.45, 2.75) is 18.6 Å². The summed E-state index contributed by atoms with van der Waals surface area (Å²) in [6.07, 6.45) is 1.76. The van der Waals surface area contributed by atoms with Crippen molar-refractivity contribution >= 4 is 46.6 Å². The van der Waals surface area contributed by atoms with E-state index in [9.17, 15) is 4.79 Å². The molecular formula is C21H20Cl2N4O2S. The Bertz CT molecular complexity index is 1040. The average Bonchev–Trinajstić information content (AvgIpc) is 3.14. The molecule has 1 aromatic heterocycles. The number of amides is 1. The summed E-state index contributed by atoms with van der Waals surface area (Å²) in [4.78, 5) is 12.4. The molecule has 0 radical (unpaired) electrons. The van der Waals surface area contributed by atoms with Gasteiger partial charge in [0, 0.05) is 12.1 Å². The molecule has 0 aliphatic heterocycles. The smallest absolute Gasteiger partial charge is 0.234 e. The molecule has 30 heavy (non-hydrogen) atoms. The van der Waals surface area contributed by atoms with Crippen LogP contribution in [0, 0.1) is 0 Å². The van der Waals surface area contributed by atoms with Crippen LogP contribution in [0.3, 0.4) is 0 Å². The molecule has 3 rings (SSSR count).